The molecule has 0 aliphatic carbocycles. The van der Waals surface area contributed by atoms with Crippen LogP contribution in [-0.2, 0) is 30.3 Å². The average Bonchev–Trinajstić information content (AvgIpc) is 2.56. The Morgan fingerprint density at radius 3 is 2.36 bits per heavy atom. The minimum Gasteiger partial charge on any atom is -0.387 e. The Morgan fingerprint density at radius 1 is 1.05 bits per heavy atom. The Morgan fingerprint density at radius 2 is 1.77 bits per heavy atom. The van der Waals surface area contributed by atoms with E-state index in [9.17, 15) is 5.11 Å². The number of aliphatic hydroxyl groups excluding tert-OH is 1. The first-order chi connectivity index (χ1) is 10.7. The largest absolute Gasteiger partial charge is 0.387 e. The minimum atomic E-state index is -0.850. The first-order valence-electron chi connectivity index (χ1n) is 7.24. The molecular weight excluding hydrogens is 288 g/mol. The van der Waals surface area contributed by atoms with Crippen LogP contribution < -0.4 is 0 Å². The fourth-order valence-electron chi connectivity index (χ4n) is 2.60. The van der Waals surface area contributed by atoms with Gasteiger partial charge in [-0.3, -0.25) is 0 Å². The van der Waals surface area contributed by atoms with E-state index in [4.69, 9.17) is 23.7 Å². The lowest BCUT2D eigenvalue weighted by Gasteiger charge is -2.43. The Hall–Kier alpha value is -1.02. The van der Waals surface area contributed by atoms with Gasteiger partial charge in [0.15, 0.2) is 6.29 Å². The lowest BCUT2D eigenvalue weighted by molar-refractivity contribution is -0.310. The summed E-state index contributed by atoms with van der Waals surface area (Å²) in [5, 5.41) is 10.4. The maximum atomic E-state index is 10.4. The van der Waals surface area contributed by atoms with Crippen molar-refractivity contribution >= 4 is 0 Å². The van der Waals surface area contributed by atoms with E-state index in [2.05, 4.69) is 0 Å². The standard InChI is InChI=1S/C16H24O6/c1-18-10-12-13(17)14(19-2)15(16(20-3)22-12)21-9-11-7-5-4-6-8-11/h4-8,12-17H,9-10H2,1-3H3/t12?,13-,14+,15?,16+/m1/s1. The Kier molecular flexibility index (Phi) is 6.75. The summed E-state index contributed by atoms with van der Waals surface area (Å²) >= 11 is 0. The molecular formula is C16H24O6. The second-order valence-electron chi connectivity index (χ2n) is 5.19. The highest BCUT2D eigenvalue weighted by atomic mass is 16.7. The molecule has 1 aliphatic rings. The van der Waals surface area contributed by atoms with E-state index in [1.54, 1.807) is 7.11 Å². The summed E-state index contributed by atoms with van der Waals surface area (Å²) in [5.41, 5.74) is 1.03. The zero-order chi connectivity index (χ0) is 15.9. The van der Waals surface area contributed by atoms with Crippen LogP contribution in [0.5, 0.6) is 0 Å². The Balaban J connectivity index is 2.06. The molecule has 1 heterocycles. The van der Waals surface area contributed by atoms with Crippen molar-refractivity contribution in [2.75, 3.05) is 27.9 Å². The zero-order valence-corrected chi connectivity index (χ0v) is 13.2. The summed E-state index contributed by atoms with van der Waals surface area (Å²) in [7, 11) is 4.63. The van der Waals surface area contributed by atoms with E-state index in [1.807, 2.05) is 30.3 Å². The van der Waals surface area contributed by atoms with Crippen molar-refractivity contribution in [2.45, 2.75) is 37.3 Å². The third-order valence-corrected chi connectivity index (χ3v) is 3.74. The van der Waals surface area contributed by atoms with Crippen LogP contribution >= 0.6 is 0 Å². The molecule has 1 aromatic rings. The number of benzene rings is 1. The third-order valence-electron chi connectivity index (χ3n) is 3.74. The van der Waals surface area contributed by atoms with Gasteiger partial charge in [0.25, 0.3) is 0 Å². The van der Waals surface area contributed by atoms with Gasteiger partial charge in [0, 0.05) is 21.3 Å². The third kappa shape index (κ3) is 4.04. The number of aliphatic hydroxyl groups is 1. The summed E-state index contributed by atoms with van der Waals surface area (Å²) < 4.78 is 27.5. The topological polar surface area (TPSA) is 66.4 Å². The highest BCUT2D eigenvalue weighted by Gasteiger charge is 2.46. The predicted molar refractivity (Wildman–Crippen MR) is 79.4 cm³/mol. The molecule has 22 heavy (non-hydrogen) atoms. The molecule has 1 N–H and O–H groups in total. The highest BCUT2D eigenvalue weighted by molar-refractivity contribution is 5.13. The molecule has 1 saturated heterocycles. The van der Waals surface area contributed by atoms with Crippen LogP contribution in [0.2, 0.25) is 0 Å². The SMILES string of the molecule is COCC1O[C@H](OC)C(OCc2ccccc2)[C@@H](OC)[C@@H]1O. The van der Waals surface area contributed by atoms with Crippen LogP contribution in [-0.4, -0.2) is 63.7 Å². The van der Waals surface area contributed by atoms with Gasteiger partial charge in [-0.25, -0.2) is 0 Å². The van der Waals surface area contributed by atoms with Crippen molar-refractivity contribution in [1.29, 1.82) is 0 Å². The van der Waals surface area contributed by atoms with Gasteiger partial charge in [0.2, 0.25) is 0 Å². The molecule has 0 radical (unpaired) electrons. The number of ether oxygens (including phenoxy) is 5. The second-order valence-corrected chi connectivity index (χ2v) is 5.19. The molecule has 0 spiro atoms. The highest BCUT2D eigenvalue weighted by Crippen LogP contribution is 2.27. The van der Waals surface area contributed by atoms with Crippen molar-refractivity contribution in [3.8, 4) is 0 Å². The molecule has 5 atom stereocenters. The van der Waals surface area contributed by atoms with E-state index in [0.29, 0.717) is 6.61 Å². The van der Waals surface area contributed by atoms with E-state index in [0.717, 1.165) is 5.56 Å². The molecule has 0 amide bonds. The molecule has 1 aromatic carbocycles. The number of rotatable bonds is 7. The van der Waals surface area contributed by atoms with Gasteiger partial charge < -0.3 is 28.8 Å². The maximum Gasteiger partial charge on any atom is 0.186 e. The summed E-state index contributed by atoms with van der Waals surface area (Å²) in [4.78, 5) is 0. The van der Waals surface area contributed by atoms with Gasteiger partial charge in [-0.2, -0.15) is 0 Å². The van der Waals surface area contributed by atoms with Gasteiger partial charge >= 0.3 is 0 Å². The molecule has 0 saturated carbocycles. The smallest absolute Gasteiger partial charge is 0.186 e. The molecule has 0 bridgehead atoms. The van der Waals surface area contributed by atoms with Gasteiger partial charge in [0.1, 0.15) is 24.4 Å². The molecule has 1 aliphatic heterocycles. The summed E-state index contributed by atoms with van der Waals surface area (Å²) in [6.45, 7) is 0.641. The van der Waals surface area contributed by atoms with Gasteiger partial charge in [-0.05, 0) is 5.56 Å². The van der Waals surface area contributed by atoms with Crippen LogP contribution in [0.4, 0.5) is 0 Å². The molecule has 0 aromatic heterocycles. The predicted octanol–water partition coefficient (Wildman–Crippen LogP) is 0.965. The monoisotopic (exact) mass is 312 g/mol. The van der Waals surface area contributed by atoms with Crippen molar-refractivity contribution < 1.29 is 28.8 Å². The van der Waals surface area contributed by atoms with Crippen molar-refractivity contribution in [2.24, 2.45) is 0 Å². The first kappa shape index (κ1) is 17.3. The maximum absolute atomic E-state index is 10.4. The summed E-state index contributed by atoms with van der Waals surface area (Å²) in [6, 6.07) is 9.78. The summed E-state index contributed by atoms with van der Waals surface area (Å²) in [5.74, 6) is 0. The number of hydrogen-bond donors (Lipinski definition) is 1. The average molecular weight is 312 g/mol. The van der Waals surface area contributed by atoms with Crippen LogP contribution in [0.1, 0.15) is 5.56 Å². The van der Waals surface area contributed by atoms with Crippen LogP contribution in [0, 0.1) is 0 Å². The fraction of sp³-hybridized carbons (Fsp3) is 0.625. The van der Waals surface area contributed by atoms with E-state index in [1.165, 1.54) is 14.2 Å². The van der Waals surface area contributed by atoms with Crippen LogP contribution in [0.25, 0.3) is 0 Å². The van der Waals surface area contributed by atoms with Crippen LogP contribution in [0.3, 0.4) is 0 Å². The van der Waals surface area contributed by atoms with Gasteiger partial charge in [-0.1, -0.05) is 30.3 Å². The second kappa shape index (κ2) is 8.57. The lowest BCUT2D eigenvalue weighted by atomic mass is 9.98. The van der Waals surface area contributed by atoms with Crippen molar-refractivity contribution in [3.63, 3.8) is 0 Å². The molecule has 2 rings (SSSR count). The first-order valence-corrected chi connectivity index (χ1v) is 7.24. The lowest BCUT2D eigenvalue weighted by Crippen LogP contribution is -2.60. The minimum absolute atomic E-state index is 0.256. The normalized spacial score (nSPS) is 32.1. The zero-order valence-electron chi connectivity index (χ0n) is 13.2. The Labute approximate surface area is 130 Å². The van der Waals surface area contributed by atoms with E-state index in [-0.39, 0.29) is 6.61 Å². The van der Waals surface area contributed by atoms with E-state index >= 15 is 0 Å². The van der Waals surface area contributed by atoms with Gasteiger partial charge in [0.05, 0.1) is 13.2 Å². The molecule has 6 heteroatoms. The van der Waals surface area contributed by atoms with Gasteiger partial charge in [-0.15, -0.1) is 0 Å². The fourth-order valence-corrected chi connectivity index (χ4v) is 2.60. The summed E-state index contributed by atoms with van der Waals surface area (Å²) in [6.07, 6.45) is -3.08. The molecule has 1 fully saturated rings. The Bertz CT molecular complexity index is 426. The molecule has 124 valence electrons. The molecule has 6 nitrogen and oxygen atoms in total. The molecule has 2 unspecified atom stereocenters. The quantitative estimate of drug-likeness (QED) is 0.809. The van der Waals surface area contributed by atoms with Crippen LogP contribution in [0.15, 0.2) is 30.3 Å². The number of hydrogen-bond acceptors (Lipinski definition) is 6. The van der Waals surface area contributed by atoms with E-state index < -0.39 is 30.7 Å². The number of methoxy groups -OCH3 is 3. The van der Waals surface area contributed by atoms with Crippen molar-refractivity contribution in [1.82, 2.24) is 0 Å². The van der Waals surface area contributed by atoms with Crippen molar-refractivity contribution in [3.05, 3.63) is 35.9 Å².